The average Bonchev–Trinajstić information content (AvgIpc) is 2.94. The van der Waals surface area contributed by atoms with E-state index in [-0.39, 0.29) is 48.0 Å². The number of hydrogen-bond acceptors (Lipinski definition) is 5. The molecule has 0 radical (unpaired) electrons. The van der Waals surface area contributed by atoms with E-state index >= 15 is 0 Å². The third kappa shape index (κ3) is 6.66. The molecule has 1 amide bonds. The molecule has 39 heavy (non-hydrogen) atoms. The Kier molecular flexibility index (Phi) is 9.08. The maximum absolute atomic E-state index is 13.2. The summed E-state index contributed by atoms with van der Waals surface area (Å²) in [6.07, 6.45) is -1.88. The second kappa shape index (κ2) is 12.0. The van der Waals surface area contributed by atoms with Crippen LogP contribution in [0.2, 0.25) is 0 Å². The van der Waals surface area contributed by atoms with E-state index < -0.39 is 28.0 Å². The second-order valence-corrected chi connectivity index (χ2v) is 13.0. The highest BCUT2D eigenvalue weighted by Gasteiger charge is 2.42. The molecule has 6 nitrogen and oxygen atoms in total. The van der Waals surface area contributed by atoms with Gasteiger partial charge in [-0.15, -0.1) is 0 Å². The third-order valence-electron chi connectivity index (χ3n) is 8.35. The van der Waals surface area contributed by atoms with Crippen LogP contribution >= 0.6 is 0 Å². The van der Waals surface area contributed by atoms with Gasteiger partial charge in [-0.25, -0.2) is 8.42 Å². The monoisotopic (exact) mass is 566 g/mol. The van der Waals surface area contributed by atoms with Crippen molar-refractivity contribution in [1.29, 1.82) is 0 Å². The van der Waals surface area contributed by atoms with Crippen molar-refractivity contribution in [3.8, 4) is 0 Å². The van der Waals surface area contributed by atoms with E-state index in [0.717, 1.165) is 18.5 Å². The van der Waals surface area contributed by atoms with Crippen LogP contribution in [0, 0.1) is 5.92 Å². The minimum Gasteiger partial charge on any atom is -0.394 e. The molecular weight excluding hydrogens is 529 g/mol. The molecule has 2 aromatic carbocycles. The van der Waals surface area contributed by atoms with Crippen molar-refractivity contribution in [1.82, 2.24) is 10.2 Å². The summed E-state index contributed by atoms with van der Waals surface area (Å²) in [5.41, 5.74) is 3.20. The number of hydrogen-bond donors (Lipinski definition) is 2. The molecule has 1 fully saturated rings. The first-order valence-corrected chi connectivity index (χ1v) is 15.3. The van der Waals surface area contributed by atoms with Crippen molar-refractivity contribution in [3.05, 3.63) is 64.7 Å². The molecule has 10 heteroatoms. The number of carbonyl (C=O) groups excluding carboxylic acids is 1. The fourth-order valence-electron chi connectivity index (χ4n) is 5.89. The quantitative estimate of drug-likeness (QED) is 0.449. The van der Waals surface area contributed by atoms with Crippen molar-refractivity contribution in [2.24, 2.45) is 5.92 Å². The van der Waals surface area contributed by atoms with Crippen LogP contribution in [-0.4, -0.2) is 55.5 Å². The molecule has 2 N–H and O–H groups in total. The molecule has 0 saturated heterocycles. The van der Waals surface area contributed by atoms with Gasteiger partial charge in [-0.3, -0.25) is 9.69 Å². The lowest BCUT2D eigenvalue weighted by atomic mass is 9.81. The van der Waals surface area contributed by atoms with E-state index in [1.54, 1.807) is 25.1 Å². The van der Waals surface area contributed by atoms with Gasteiger partial charge in [0, 0.05) is 24.7 Å². The first-order valence-electron chi connectivity index (χ1n) is 13.6. The standard InChI is InChI=1S/C29H37F3N2O4S/c1-3-19-16-34(24-10-8-23(9-11-24)29(30,31)32)17-22-15-21(7-14-26(19)22)28(36)33-27(18-35)20-5-12-25(13-6-20)39(37,38)4-2/h5-7,12-15,19,23-24,27,35H,3-4,8-11,16-18H2,1-2H3,(H,33,36)/t19-,23-,24-,27?/m0/s1. The summed E-state index contributed by atoms with van der Waals surface area (Å²) in [6.45, 7) is 4.70. The van der Waals surface area contributed by atoms with Crippen molar-refractivity contribution in [2.75, 3.05) is 18.9 Å². The minimum atomic E-state index is -4.13. The number of aliphatic hydroxyl groups excluding tert-OH is 1. The van der Waals surface area contributed by atoms with Crippen molar-refractivity contribution < 1.29 is 31.5 Å². The van der Waals surface area contributed by atoms with Crippen LogP contribution in [0.1, 0.15) is 85.0 Å². The Morgan fingerprint density at radius 3 is 2.31 bits per heavy atom. The number of alkyl halides is 3. The highest BCUT2D eigenvalue weighted by molar-refractivity contribution is 7.91. The van der Waals surface area contributed by atoms with Crippen LogP contribution in [0.25, 0.3) is 0 Å². The molecule has 4 rings (SSSR count). The molecule has 1 aliphatic heterocycles. The van der Waals surface area contributed by atoms with E-state index in [0.29, 0.717) is 30.5 Å². The predicted molar refractivity (Wildman–Crippen MR) is 143 cm³/mol. The summed E-state index contributed by atoms with van der Waals surface area (Å²) in [5, 5.41) is 12.8. The summed E-state index contributed by atoms with van der Waals surface area (Å²) in [5.74, 6) is -1.35. The number of benzene rings is 2. The molecule has 0 spiro atoms. The summed E-state index contributed by atoms with van der Waals surface area (Å²) in [7, 11) is -3.36. The van der Waals surface area contributed by atoms with Crippen molar-refractivity contribution in [3.63, 3.8) is 0 Å². The number of nitrogens with zero attached hydrogens (tertiary/aromatic N) is 1. The van der Waals surface area contributed by atoms with Gasteiger partial charge in [0.05, 0.1) is 29.2 Å². The molecule has 1 heterocycles. The number of aliphatic hydroxyl groups is 1. The normalized spacial score (nSPS) is 23.2. The molecule has 214 valence electrons. The molecule has 1 aliphatic carbocycles. The first kappa shape index (κ1) is 29.6. The smallest absolute Gasteiger partial charge is 0.391 e. The number of nitrogens with one attached hydrogen (secondary N) is 1. The molecular formula is C29H37F3N2O4S. The fourth-order valence-corrected chi connectivity index (χ4v) is 6.78. The third-order valence-corrected chi connectivity index (χ3v) is 10.1. The van der Waals surface area contributed by atoms with E-state index in [1.807, 2.05) is 12.1 Å². The zero-order valence-corrected chi connectivity index (χ0v) is 23.2. The zero-order chi connectivity index (χ0) is 28.4. The Bertz CT molecular complexity index is 1260. The van der Waals surface area contributed by atoms with Crippen molar-refractivity contribution in [2.45, 2.75) is 81.6 Å². The SMILES string of the molecule is CC[C@H]1CN([C@H]2CC[C@H](C(F)(F)F)CC2)Cc2cc(C(=O)NC(CO)c3ccc(S(=O)(=O)CC)cc3)ccc21. The highest BCUT2D eigenvalue weighted by atomic mass is 32.2. The van der Waals surface area contributed by atoms with E-state index in [9.17, 15) is 31.5 Å². The van der Waals surface area contributed by atoms with Gasteiger partial charge in [0.1, 0.15) is 0 Å². The van der Waals surface area contributed by atoms with Crippen LogP contribution < -0.4 is 5.32 Å². The summed E-state index contributed by atoms with van der Waals surface area (Å²) in [4.78, 5) is 15.6. The minimum absolute atomic E-state index is 0.0179. The average molecular weight is 567 g/mol. The van der Waals surface area contributed by atoms with Crippen LogP contribution in [0.4, 0.5) is 13.2 Å². The number of carbonyl (C=O) groups is 1. The van der Waals surface area contributed by atoms with E-state index in [1.165, 1.54) is 17.7 Å². The lowest BCUT2D eigenvalue weighted by Gasteiger charge is -2.42. The topological polar surface area (TPSA) is 86.7 Å². The molecule has 1 saturated carbocycles. The maximum Gasteiger partial charge on any atom is 0.391 e. The predicted octanol–water partition coefficient (Wildman–Crippen LogP) is 5.37. The Morgan fingerprint density at radius 1 is 1.08 bits per heavy atom. The van der Waals surface area contributed by atoms with Gasteiger partial charge in [0.25, 0.3) is 5.91 Å². The molecule has 1 unspecified atom stereocenters. The fraction of sp³-hybridized carbons (Fsp3) is 0.552. The van der Waals surface area contributed by atoms with Gasteiger partial charge in [-0.2, -0.15) is 13.2 Å². The molecule has 2 atom stereocenters. The van der Waals surface area contributed by atoms with Crippen LogP contribution in [-0.2, 0) is 16.4 Å². The number of rotatable bonds is 8. The van der Waals surface area contributed by atoms with Gasteiger partial charge in [-0.1, -0.05) is 32.0 Å². The second-order valence-electron chi connectivity index (χ2n) is 10.7. The summed E-state index contributed by atoms with van der Waals surface area (Å²) < 4.78 is 63.6. The van der Waals surface area contributed by atoms with Gasteiger partial charge in [-0.05, 0) is 79.0 Å². The number of sulfone groups is 1. The lowest BCUT2D eigenvalue weighted by Crippen LogP contribution is -2.44. The Morgan fingerprint density at radius 2 is 1.74 bits per heavy atom. The highest BCUT2D eigenvalue weighted by Crippen LogP contribution is 2.41. The molecule has 0 aromatic heterocycles. The summed E-state index contributed by atoms with van der Waals surface area (Å²) in [6, 6.07) is 11.1. The van der Waals surface area contributed by atoms with Crippen molar-refractivity contribution >= 4 is 15.7 Å². The summed E-state index contributed by atoms with van der Waals surface area (Å²) >= 11 is 0. The van der Waals surface area contributed by atoms with Crippen LogP contribution in [0.5, 0.6) is 0 Å². The van der Waals surface area contributed by atoms with Gasteiger partial charge < -0.3 is 10.4 Å². The van der Waals surface area contributed by atoms with Crippen LogP contribution in [0.15, 0.2) is 47.4 Å². The van der Waals surface area contributed by atoms with Gasteiger partial charge >= 0.3 is 6.18 Å². The Balaban J connectivity index is 1.47. The largest absolute Gasteiger partial charge is 0.394 e. The maximum atomic E-state index is 13.2. The van der Waals surface area contributed by atoms with Gasteiger partial charge in [0.2, 0.25) is 0 Å². The number of fused-ring (bicyclic) bond motifs is 1. The number of halogens is 3. The Hall–Kier alpha value is -2.43. The Labute approximate surface area is 228 Å². The molecule has 2 aromatic rings. The molecule has 2 aliphatic rings. The van der Waals surface area contributed by atoms with E-state index in [4.69, 9.17) is 0 Å². The molecule has 0 bridgehead atoms. The lowest BCUT2D eigenvalue weighted by molar-refractivity contribution is -0.184. The van der Waals surface area contributed by atoms with E-state index in [2.05, 4.69) is 17.1 Å². The van der Waals surface area contributed by atoms with Gasteiger partial charge in [0.15, 0.2) is 9.84 Å². The number of amides is 1. The zero-order valence-electron chi connectivity index (χ0n) is 22.4. The van der Waals surface area contributed by atoms with Crippen LogP contribution in [0.3, 0.4) is 0 Å². The first-order chi connectivity index (χ1) is 18.5.